The molecule has 0 rings (SSSR count). The van der Waals surface area contributed by atoms with Crippen LogP contribution >= 0.6 is 0 Å². The summed E-state index contributed by atoms with van der Waals surface area (Å²) >= 11 is 0. The highest BCUT2D eigenvalue weighted by atomic mass is 16.6. The Hall–Kier alpha value is -4.19. The third kappa shape index (κ3) is 48.7. The lowest BCUT2D eigenvalue weighted by atomic mass is 10.1. The van der Waals surface area contributed by atoms with Crippen LogP contribution in [0.5, 0.6) is 0 Å². The van der Waals surface area contributed by atoms with E-state index in [-0.39, 0.29) is 31.1 Å². The first kappa shape index (κ1) is 58.8. The van der Waals surface area contributed by atoms with Gasteiger partial charge in [-0.1, -0.05) is 213 Å². The van der Waals surface area contributed by atoms with Crippen LogP contribution in [0.4, 0.5) is 0 Å². The molecule has 0 spiro atoms. The van der Waals surface area contributed by atoms with Crippen LogP contribution in [0.25, 0.3) is 0 Å². The lowest BCUT2D eigenvalue weighted by molar-refractivity contribution is -0.167. The molecule has 0 aliphatic carbocycles. The molecular weight excluding hydrogens is 781 g/mol. The zero-order valence-electron chi connectivity index (χ0n) is 40.3. The number of hydrogen-bond acceptors (Lipinski definition) is 6. The van der Waals surface area contributed by atoms with E-state index in [4.69, 9.17) is 14.2 Å². The largest absolute Gasteiger partial charge is 0.462 e. The number of allylic oxidation sites excluding steroid dienone is 20. The molecule has 0 saturated heterocycles. The lowest BCUT2D eigenvalue weighted by Gasteiger charge is -2.18. The fourth-order valence-corrected chi connectivity index (χ4v) is 6.40. The van der Waals surface area contributed by atoms with Gasteiger partial charge in [-0.25, -0.2) is 0 Å². The maximum absolute atomic E-state index is 12.8. The molecule has 6 nitrogen and oxygen atoms in total. The summed E-state index contributed by atoms with van der Waals surface area (Å²) in [5, 5.41) is 0. The fourth-order valence-electron chi connectivity index (χ4n) is 6.40. The maximum Gasteiger partial charge on any atom is 0.306 e. The van der Waals surface area contributed by atoms with Crippen molar-refractivity contribution in [2.75, 3.05) is 13.2 Å². The van der Waals surface area contributed by atoms with Gasteiger partial charge in [-0.2, -0.15) is 0 Å². The monoisotopic (exact) mass is 871 g/mol. The molecule has 0 aliphatic rings. The van der Waals surface area contributed by atoms with Crippen LogP contribution in [0.15, 0.2) is 122 Å². The second kappa shape index (κ2) is 50.5. The Morgan fingerprint density at radius 3 is 1.21 bits per heavy atom. The Morgan fingerprint density at radius 1 is 0.349 bits per heavy atom. The smallest absolute Gasteiger partial charge is 0.306 e. The van der Waals surface area contributed by atoms with Crippen LogP contribution in [-0.2, 0) is 28.6 Å². The molecule has 0 N–H and O–H groups in total. The zero-order chi connectivity index (χ0) is 45.8. The first-order valence-electron chi connectivity index (χ1n) is 25.1. The lowest BCUT2D eigenvalue weighted by Crippen LogP contribution is -2.30. The van der Waals surface area contributed by atoms with Crippen LogP contribution < -0.4 is 0 Å². The molecule has 0 aliphatic heterocycles. The SMILES string of the molecule is CC\C=C/C=C\C=C/C=C\C=C\C=C/C=C\CCCCCC(=O)OCC(COC(=O)CCCC/C=C\C/C=C\CC)OC(=O)CCCCCCCCC/C=C\CCCCCCCC. The minimum atomic E-state index is -0.814. The van der Waals surface area contributed by atoms with Crippen molar-refractivity contribution in [3.05, 3.63) is 122 Å². The van der Waals surface area contributed by atoms with Crippen molar-refractivity contribution in [2.45, 2.75) is 207 Å². The summed E-state index contributed by atoms with van der Waals surface area (Å²) in [4.78, 5) is 37.9. The van der Waals surface area contributed by atoms with E-state index in [9.17, 15) is 14.4 Å². The van der Waals surface area contributed by atoms with Gasteiger partial charge in [0.15, 0.2) is 6.10 Å². The molecule has 63 heavy (non-hydrogen) atoms. The Morgan fingerprint density at radius 2 is 0.698 bits per heavy atom. The van der Waals surface area contributed by atoms with E-state index in [1.807, 2.05) is 72.9 Å². The van der Waals surface area contributed by atoms with Gasteiger partial charge < -0.3 is 14.2 Å². The Balaban J connectivity index is 4.48. The number of carbonyl (C=O) groups excluding carboxylic acids is 3. The van der Waals surface area contributed by atoms with E-state index >= 15 is 0 Å². The van der Waals surface area contributed by atoms with Gasteiger partial charge in [-0.05, 0) is 89.9 Å². The maximum atomic E-state index is 12.8. The third-order valence-electron chi connectivity index (χ3n) is 10.1. The van der Waals surface area contributed by atoms with Gasteiger partial charge in [-0.3, -0.25) is 14.4 Å². The summed E-state index contributed by atoms with van der Waals surface area (Å²) in [6.45, 7) is 6.27. The van der Waals surface area contributed by atoms with Crippen molar-refractivity contribution >= 4 is 17.9 Å². The van der Waals surface area contributed by atoms with E-state index in [1.54, 1.807) is 0 Å². The van der Waals surface area contributed by atoms with Gasteiger partial charge in [0.25, 0.3) is 0 Å². The highest BCUT2D eigenvalue weighted by Crippen LogP contribution is 2.13. The highest BCUT2D eigenvalue weighted by Gasteiger charge is 2.19. The number of ether oxygens (including phenoxy) is 3. The molecule has 0 saturated carbocycles. The van der Waals surface area contributed by atoms with Gasteiger partial charge in [-0.15, -0.1) is 0 Å². The molecule has 0 amide bonds. The Labute approximate surface area is 386 Å². The second-order valence-corrected chi connectivity index (χ2v) is 16.1. The molecule has 0 fully saturated rings. The summed E-state index contributed by atoms with van der Waals surface area (Å²) in [5.41, 5.74) is 0. The number of hydrogen-bond donors (Lipinski definition) is 0. The van der Waals surface area contributed by atoms with Gasteiger partial charge in [0.2, 0.25) is 0 Å². The van der Waals surface area contributed by atoms with Crippen molar-refractivity contribution in [1.82, 2.24) is 0 Å². The molecule has 0 aromatic carbocycles. The predicted octanol–water partition coefficient (Wildman–Crippen LogP) is 16.5. The molecule has 6 heteroatoms. The van der Waals surface area contributed by atoms with Crippen LogP contribution in [0.2, 0.25) is 0 Å². The van der Waals surface area contributed by atoms with Gasteiger partial charge >= 0.3 is 17.9 Å². The molecule has 0 aromatic rings. The van der Waals surface area contributed by atoms with Crippen LogP contribution in [0.1, 0.15) is 201 Å². The molecule has 354 valence electrons. The molecule has 1 unspecified atom stereocenters. The minimum absolute atomic E-state index is 0.115. The number of unbranched alkanes of at least 4 members (excludes halogenated alkanes) is 18. The average molecular weight is 871 g/mol. The van der Waals surface area contributed by atoms with Crippen molar-refractivity contribution in [3.63, 3.8) is 0 Å². The number of carbonyl (C=O) groups is 3. The van der Waals surface area contributed by atoms with Crippen molar-refractivity contribution in [3.8, 4) is 0 Å². The Kier molecular flexibility index (Phi) is 47.1. The normalized spacial score (nSPS) is 13.1. The summed E-state index contributed by atoms with van der Waals surface area (Å²) in [7, 11) is 0. The topological polar surface area (TPSA) is 78.9 Å². The predicted molar refractivity (Wildman–Crippen MR) is 269 cm³/mol. The second-order valence-electron chi connectivity index (χ2n) is 16.1. The molecular formula is C57H90O6. The van der Waals surface area contributed by atoms with Crippen LogP contribution in [0, 0.1) is 0 Å². The summed E-state index contributed by atoms with van der Waals surface area (Å²) in [6, 6.07) is 0. The third-order valence-corrected chi connectivity index (χ3v) is 10.1. The molecule has 0 heterocycles. The van der Waals surface area contributed by atoms with Crippen molar-refractivity contribution in [2.24, 2.45) is 0 Å². The van der Waals surface area contributed by atoms with E-state index in [0.717, 1.165) is 83.5 Å². The highest BCUT2D eigenvalue weighted by molar-refractivity contribution is 5.71. The van der Waals surface area contributed by atoms with E-state index < -0.39 is 6.10 Å². The van der Waals surface area contributed by atoms with Gasteiger partial charge in [0.1, 0.15) is 13.2 Å². The van der Waals surface area contributed by atoms with Gasteiger partial charge in [0.05, 0.1) is 0 Å². The summed E-state index contributed by atoms with van der Waals surface area (Å²) in [6.07, 6.45) is 69.0. The first-order valence-corrected chi connectivity index (χ1v) is 25.1. The molecule has 0 radical (unpaired) electrons. The quantitative estimate of drug-likeness (QED) is 0.0200. The van der Waals surface area contributed by atoms with Crippen LogP contribution in [0.3, 0.4) is 0 Å². The summed E-state index contributed by atoms with van der Waals surface area (Å²) < 4.78 is 16.7. The average Bonchev–Trinajstić information content (AvgIpc) is 3.28. The minimum Gasteiger partial charge on any atom is -0.462 e. The van der Waals surface area contributed by atoms with E-state index in [0.29, 0.717) is 19.3 Å². The van der Waals surface area contributed by atoms with E-state index in [1.165, 1.54) is 77.0 Å². The first-order chi connectivity index (χ1) is 31.0. The van der Waals surface area contributed by atoms with Gasteiger partial charge in [0, 0.05) is 19.3 Å². The number of rotatable bonds is 43. The van der Waals surface area contributed by atoms with Crippen LogP contribution in [-0.4, -0.2) is 37.2 Å². The molecule has 0 bridgehead atoms. The molecule has 0 aromatic heterocycles. The zero-order valence-corrected chi connectivity index (χ0v) is 40.3. The summed E-state index contributed by atoms with van der Waals surface area (Å²) in [5.74, 6) is -1.01. The Bertz CT molecular complexity index is 1370. The van der Waals surface area contributed by atoms with Crippen molar-refractivity contribution in [1.29, 1.82) is 0 Å². The molecule has 1 atom stereocenters. The van der Waals surface area contributed by atoms with E-state index in [2.05, 4.69) is 69.4 Å². The fraction of sp³-hybridized carbons (Fsp3) is 0.596. The number of esters is 3. The van der Waals surface area contributed by atoms with Crippen molar-refractivity contribution < 1.29 is 28.6 Å². The standard InChI is InChI=1S/C57H90O6/c1-4-7-10-13-16-19-21-23-25-27-28-30-31-33-35-38-41-44-47-50-56(59)62-53-54(52-61-55(58)49-46-43-40-37-18-15-12-9-6-3)63-57(60)51-48-45-42-39-36-34-32-29-26-24-22-20-17-14-11-8-5-2/h7,9-10,12-13,16,18-19,21,23-28,30-31,33,35,37,54H,4-6,8,11,14-15,17,20,22,29,32,34,36,38-53H2,1-3H3/b10-7-,12-9-,16-13-,21-19-,25-23-,26-24-,28-27+,31-30-,35-33-,37-18-.